The van der Waals surface area contributed by atoms with Gasteiger partial charge >= 0.3 is 0 Å². The Hall–Kier alpha value is -4.29. The Morgan fingerprint density at radius 3 is 2.18 bits per heavy atom. The smallest absolute Gasteiger partial charge is 0.267 e. The summed E-state index contributed by atoms with van der Waals surface area (Å²) < 4.78 is 1.66. The number of pyridine rings is 1. The SMILES string of the molecule is O=C1c2cnc3c(c(-c4ccccc4)nn3-c3cccc(Cl)c3)c2C(=O)N1c1ccccc1. The molecule has 0 N–H and O–H groups in total. The number of para-hydroxylation sites is 1. The van der Waals surface area contributed by atoms with Crippen molar-refractivity contribution in [1.82, 2.24) is 14.8 Å². The molecule has 0 aliphatic carbocycles. The van der Waals surface area contributed by atoms with Crippen molar-refractivity contribution < 1.29 is 9.59 Å². The largest absolute Gasteiger partial charge is 0.268 e. The van der Waals surface area contributed by atoms with Crippen LogP contribution < -0.4 is 4.90 Å². The number of amides is 2. The fraction of sp³-hybridized carbons (Fsp3) is 0. The Labute approximate surface area is 193 Å². The summed E-state index contributed by atoms with van der Waals surface area (Å²) in [6.07, 6.45) is 1.46. The number of carbonyl (C=O) groups is 2. The van der Waals surface area contributed by atoms with Crippen LogP contribution in [0.1, 0.15) is 20.7 Å². The molecule has 7 heteroatoms. The number of nitrogens with zero attached hydrogens (tertiary/aromatic N) is 4. The normalized spacial score (nSPS) is 13.1. The fourth-order valence-corrected chi connectivity index (χ4v) is 4.37. The standard InChI is InChI=1S/C26H15ClN4O2/c27-17-10-7-13-19(14-17)31-24-22(23(29-31)16-8-3-1-4-9-16)21-20(15-28-24)25(32)30(26(21)33)18-11-5-2-6-12-18/h1-15H. The molecule has 158 valence electrons. The highest BCUT2D eigenvalue weighted by atomic mass is 35.5. The van der Waals surface area contributed by atoms with Crippen molar-refractivity contribution >= 4 is 40.1 Å². The van der Waals surface area contributed by atoms with E-state index in [9.17, 15) is 9.59 Å². The van der Waals surface area contributed by atoms with E-state index in [1.165, 1.54) is 11.1 Å². The van der Waals surface area contributed by atoms with Crippen LogP contribution in [0.2, 0.25) is 5.02 Å². The Balaban J connectivity index is 1.66. The number of benzene rings is 3. The molecule has 2 amide bonds. The van der Waals surface area contributed by atoms with Crippen LogP contribution in [-0.4, -0.2) is 26.6 Å². The van der Waals surface area contributed by atoms with Gasteiger partial charge in [-0.05, 0) is 30.3 Å². The summed E-state index contributed by atoms with van der Waals surface area (Å²) in [5.74, 6) is -0.790. The number of fused-ring (bicyclic) bond motifs is 3. The molecule has 0 spiro atoms. The van der Waals surface area contributed by atoms with Crippen LogP contribution in [-0.2, 0) is 0 Å². The number of rotatable bonds is 3. The lowest BCUT2D eigenvalue weighted by atomic mass is 10.0. The van der Waals surface area contributed by atoms with Crippen molar-refractivity contribution in [2.24, 2.45) is 0 Å². The maximum Gasteiger partial charge on any atom is 0.267 e. The molecule has 0 bridgehead atoms. The zero-order valence-corrected chi connectivity index (χ0v) is 17.9. The van der Waals surface area contributed by atoms with Crippen molar-refractivity contribution in [1.29, 1.82) is 0 Å². The minimum absolute atomic E-state index is 0.263. The van der Waals surface area contributed by atoms with E-state index in [4.69, 9.17) is 16.7 Å². The molecule has 5 aromatic rings. The molecular formula is C26H15ClN4O2. The van der Waals surface area contributed by atoms with E-state index in [1.54, 1.807) is 41.1 Å². The van der Waals surface area contributed by atoms with Gasteiger partial charge < -0.3 is 0 Å². The molecule has 0 saturated carbocycles. The molecule has 33 heavy (non-hydrogen) atoms. The first kappa shape index (κ1) is 19.4. The third kappa shape index (κ3) is 2.96. The van der Waals surface area contributed by atoms with Crippen LogP contribution in [0.25, 0.3) is 28.0 Å². The summed E-state index contributed by atoms with van der Waals surface area (Å²) in [6, 6.07) is 25.7. The molecule has 0 fully saturated rings. The molecule has 2 aromatic heterocycles. The lowest BCUT2D eigenvalue weighted by Crippen LogP contribution is -2.29. The Morgan fingerprint density at radius 1 is 0.758 bits per heavy atom. The van der Waals surface area contributed by atoms with Crippen molar-refractivity contribution in [3.8, 4) is 16.9 Å². The molecule has 0 radical (unpaired) electrons. The summed E-state index contributed by atoms with van der Waals surface area (Å²) >= 11 is 6.23. The summed E-state index contributed by atoms with van der Waals surface area (Å²) in [5, 5.41) is 5.91. The summed E-state index contributed by atoms with van der Waals surface area (Å²) in [6.45, 7) is 0. The quantitative estimate of drug-likeness (QED) is 0.338. The predicted molar refractivity (Wildman–Crippen MR) is 127 cm³/mol. The fourth-order valence-electron chi connectivity index (χ4n) is 4.19. The molecule has 0 saturated heterocycles. The topological polar surface area (TPSA) is 68.1 Å². The van der Waals surface area contributed by atoms with E-state index < -0.39 is 11.8 Å². The summed E-state index contributed by atoms with van der Waals surface area (Å²) in [7, 11) is 0. The highest BCUT2D eigenvalue weighted by Crippen LogP contribution is 2.38. The van der Waals surface area contributed by atoms with Gasteiger partial charge in [-0.25, -0.2) is 14.6 Å². The van der Waals surface area contributed by atoms with Gasteiger partial charge in [0.1, 0.15) is 5.69 Å². The van der Waals surface area contributed by atoms with E-state index in [0.29, 0.717) is 38.7 Å². The molecule has 1 aliphatic rings. The van der Waals surface area contributed by atoms with Crippen LogP contribution in [0.15, 0.2) is 91.1 Å². The number of hydrogen-bond acceptors (Lipinski definition) is 4. The first-order chi connectivity index (χ1) is 16.1. The van der Waals surface area contributed by atoms with E-state index in [0.717, 1.165) is 5.56 Å². The van der Waals surface area contributed by atoms with Crippen molar-refractivity contribution in [2.45, 2.75) is 0 Å². The van der Waals surface area contributed by atoms with Crippen LogP contribution in [0.3, 0.4) is 0 Å². The first-order valence-electron chi connectivity index (χ1n) is 10.3. The van der Waals surface area contributed by atoms with Gasteiger partial charge in [-0.15, -0.1) is 0 Å². The van der Waals surface area contributed by atoms with Crippen LogP contribution in [0.5, 0.6) is 0 Å². The van der Waals surface area contributed by atoms with E-state index >= 15 is 0 Å². The highest BCUT2D eigenvalue weighted by Gasteiger charge is 2.40. The minimum atomic E-state index is -0.398. The third-order valence-electron chi connectivity index (χ3n) is 5.66. The van der Waals surface area contributed by atoms with E-state index in [1.807, 2.05) is 48.5 Å². The maximum absolute atomic E-state index is 13.6. The number of imide groups is 1. The van der Waals surface area contributed by atoms with Crippen molar-refractivity contribution in [3.63, 3.8) is 0 Å². The summed E-state index contributed by atoms with van der Waals surface area (Å²) in [5.41, 5.74) is 3.66. The second kappa shape index (κ2) is 7.39. The minimum Gasteiger partial charge on any atom is -0.268 e. The second-order valence-corrected chi connectivity index (χ2v) is 8.07. The number of aromatic nitrogens is 3. The van der Waals surface area contributed by atoms with Gasteiger partial charge in [0.15, 0.2) is 5.65 Å². The second-order valence-electron chi connectivity index (χ2n) is 7.63. The van der Waals surface area contributed by atoms with Gasteiger partial charge in [0.2, 0.25) is 0 Å². The van der Waals surface area contributed by atoms with Crippen molar-refractivity contribution in [2.75, 3.05) is 4.90 Å². The van der Waals surface area contributed by atoms with Gasteiger partial charge in [-0.1, -0.05) is 66.2 Å². The maximum atomic E-state index is 13.6. The zero-order chi connectivity index (χ0) is 22.5. The molecule has 0 unspecified atom stereocenters. The van der Waals surface area contributed by atoms with Crippen molar-refractivity contribution in [3.05, 3.63) is 107 Å². The first-order valence-corrected chi connectivity index (χ1v) is 10.7. The Morgan fingerprint density at radius 2 is 1.45 bits per heavy atom. The van der Waals surface area contributed by atoms with E-state index in [2.05, 4.69) is 4.98 Å². The molecule has 1 aliphatic heterocycles. The number of hydrogen-bond donors (Lipinski definition) is 0. The lowest BCUT2D eigenvalue weighted by molar-refractivity contribution is 0.0926. The molecule has 6 rings (SSSR count). The number of carbonyl (C=O) groups excluding carboxylic acids is 2. The molecule has 6 nitrogen and oxygen atoms in total. The number of anilines is 1. The average Bonchev–Trinajstić information content (AvgIpc) is 3.35. The highest BCUT2D eigenvalue weighted by molar-refractivity contribution is 6.38. The lowest BCUT2D eigenvalue weighted by Gasteiger charge is -2.13. The van der Waals surface area contributed by atoms with Gasteiger partial charge in [0, 0.05) is 16.8 Å². The molecular weight excluding hydrogens is 436 g/mol. The number of halogens is 1. The van der Waals surface area contributed by atoms with Gasteiger partial charge in [-0.2, -0.15) is 5.10 Å². The monoisotopic (exact) mass is 450 g/mol. The summed E-state index contributed by atoms with van der Waals surface area (Å²) in [4.78, 5) is 32.6. The van der Waals surface area contributed by atoms with Gasteiger partial charge in [-0.3, -0.25) is 9.59 Å². The molecule has 3 aromatic carbocycles. The van der Waals surface area contributed by atoms with Crippen LogP contribution in [0.4, 0.5) is 5.69 Å². The zero-order valence-electron chi connectivity index (χ0n) is 17.1. The Bertz CT molecular complexity index is 1560. The molecule has 0 atom stereocenters. The van der Waals surface area contributed by atoms with Crippen LogP contribution >= 0.6 is 11.6 Å². The third-order valence-corrected chi connectivity index (χ3v) is 5.90. The Kier molecular flexibility index (Phi) is 4.35. The average molecular weight is 451 g/mol. The van der Waals surface area contributed by atoms with E-state index in [-0.39, 0.29) is 5.56 Å². The predicted octanol–water partition coefficient (Wildman–Crippen LogP) is 5.54. The van der Waals surface area contributed by atoms with Crippen LogP contribution in [0, 0.1) is 0 Å². The van der Waals surface area contributed by atoms with Gasteiger partial charge in [0.05, 0.1) is 27.9 Å². The van der Waals surface area contributed by atoms with Gasteiger partial charge in [0.25, 0.3) is 11.8 Å². The molecule has 3 heterocycles.